The number of aromatic nitrogens is 3. The van der Waals surface area contributed by atoms with Crippen molar-refractivity contribution in [1.29, 1.82) is 0 Å². The Morgan fingerprint density at radius 1 is 1.03 bits per heavy atom. The summed E-state index contributed by atoms with van der Waals surface area (Å²) < 4.78 is 2.00. The predicted molar refractivity (Wildman–Crippen MR) is 120 cm³/mol. The van der Waals surface area contributed by atoms with Crippen LogP contribution >= 0.6 is 0 Å². The van der Waals surface area contributed by atoms with Gasteiger partial charge in [0.1, 0.15) is 19.6 Å². The lowest BCUT2D eigenvalue weighted by Crippen LogP contribution is -3.09. The average molecular weight is 421 g/mol. The van der Waals surface area contributed by atoms with E-state index in [9.17, 15) is 4.79 Å². The molecule has 1 aromatic carbocycles. The van der Waals surface area contributed by atoms with Gasteiger partial charge in [0.15, 0.2) is 6.54 Å². The van der Waals surface area contributed by atoms with Crippen LogP contribution in [-0.4, -0.2) is 60.4 Å². The lowest BCUT2D eigenvalue weighted by molar-refractivity contribution is -0.885. The van der Waals surface area contributed by atoms with Gasteiger partial charge in [-0.05, 0) is 32.0 Å². The normalized spacial score (nSPS) is 15.2. The Kier molecular flexibility index (Phi) is 6.32. The van der Waals surface area contributed by atoms with Crippen molar-refractivity contribution in [3.8, 4) is 5.69 Å². The Labute approximate surface area is 183 Å². The van der Waals surface area contributed by atoms with E-state index < -0.39 is 0 Å². The number of quaternary nitrogens is 1. The Hall–Kier alpha value is -3.19. The van der Waals surface area contributed by atoms with Gasteiger partial charge in [-0.25, -0.2) is 9.67 Å². The Morgan fingerprint density at radius 2 is 1.74 bits per heavy atom. The van der Waals surface area contributed by atoms with Crippen molar-refractivity contribution in [3.05, 3.63) is 71.7 Å². The van der Waals surface area contributed by atoms with E-state index in [-0.39, 0.29) is 5.91 Å². The van der Waals surface area contributed by atoms with Gasteiger partial charge in [-0.2, -0.15) is 5.10 Å². The van der Waals surface area contributed by atoms with E-state index in [1.807, 2.05) is 46.1 Å². The van der Waals surface area contributed by atoms with Crippen LogP contribution < -0.4 is 14.8 Å². The van der Waals surface area contributed by atoms with Gasteiger partial charge >= 0.3 is 0 Å². The topological polar surface area (TPSA) is 60.0 Å². The van der Waals surface area contributed by atoms with E-state index in [2.05, 4.69) is 49.0 Å². The van der Waals surface area contributed by atoms with Crippen molar-refractivity contribution in [2.45, 2.75) is 20.4 Å². The molecule has 1 amide bonds. The Morgan fingerprint density at radius 3 is 2.42 bits per heavy atom. The molecule has 0 bridgehead atoms. The molecule has 31 heavy (non-hydrogen) atoms. The van der Waals surface area contributed by atoms with Crippen LogP contribution in [0.15, 0.2) is 54.7 Å². The fourth-order valence-electron chi connectivity index (χ4n) is 4.26. The number of amides is 1. The third-order valence-corrected chi connectivity index (χ3v) is 6.04. The lowest BCUT2D eigenvalue weighted by Gasteiger charge is -2.31. The zero-order valence-electron chi connectivity index (χ0n) is 18.6. The number of piperazine rings is 1. The number of aromatic amines is 1. The molecule has 2 aromatic heterocycles. The van der Waals surface area contributed by atoms with Crippen LogP contribution in [0, 0.1) is 13.8 Å². The van der Waals surface area contributed by atoms with Crippen molar-refractivity contribution in [2.75, 3.05) is 44.7 Å². The average Bonchev–Trinajstić information content (AvgIpc) is 3.08. The first-order chi connectivity index (χ1) is 15.0. The van der Waals surface area contributed by atoms with Crippen LogP contribution in [0.3, 0.4) is 0 Å². The number of carbonyl (C=O) groups excluding carboxylic acids is 1. The smallest absolute Gasteiger partial charge is 0.278 e. The first-order valence-electron chi connectivity index (χ1n) is 10.9. The number of rotatable bonds is 6. The highest BCUT2D eigenvalue weighted by Gasteiger charge is 2.28. The maximum Gasteiger partial charge on any atom is 0.278 e. The largest absolute Gasteiger partial charge is 0.330 e. The molecule has 1 saturated heterocycles. The van der Waals surface area contributed by atoms with Gasteiger partial charge in [-0.15, -0.1) is 0 Å². The second-order valence-corrected chi connectivity index (χ2v) is 8.32. The molecule has 7 heteroatoms. The summed E-state index contributed by atoms with van der Waals surface area (Å²) in [5.74, 6) is 1.33. The summed E-state index contributed by atoms with van der Waals surface area (Å²) in [6.07, 6.45) is 1.94. The second-order valence-electron chi connectivity index (χ2n) is 8.32. The third-order valence-electron chi connectivity index (χ3n) is 6.04. The summed E-state index contributed by atoms with van der Waals surface area (Å²) in [7, 11) is 2.09. The van der Waals surface area contributed by atoms with E-state index in [0.717, 1.165) is 55.6 Å². The minimum absolute atomic E-state index is 0.222. The highest BCUT2D eigenvalue weighted by Crippen LogP contribution is 2.17. The molecule has 3 heterocycles. The van der Waals surface area contributed by atoms with Crippen LogP contribution in [0.4, 0.5) is 5.82 Å². The highest BCUT2D eigenvalue weighted by atomic mass is 16.2. The Bertz CT molecular complexity index is 1010. The number of pyridine rings is 1. The molecular weight excluding hydrogens is 388 g/mol. The quantitative estimate of drug-likeness (QED) is 0.638. The number of hydrogen-bond donors (Lipinski definition) is 1. The number of H-pyrrole nitrogens is 1. The third kappa shape index (κ3) is 4.77. The van der Waals surface area contributed by atoms with Gasteiger partial charge in [0.25, 0.3) is 11.7 Å². The number of aryl methyl sites for hydroxylation is 1. The molecule has 0 radical (unpaired) electrons. The molecule has 1 aliphatic rings. The van der Waals surface area contributed by atoms with Crippen LogP contribution in [0.25, 0.3) is 5.69 Å². The Balaban J connectivity index is 1.34. The van der Waals surface area contributed by atoms with Gasteiger partial charge in [0, 0.05) is 6.07 Å². The lowest BCUT2D eigenvalue weighted by atomic mass is 10.2. The van der Waals surface area contributed by atoms with E-state index in [1.165, 1.54) is 10.5 Å². The molecule has 1 fully saturated rings. The molecule has 1 aliphatic heterocycles. The first kappa shape index (κ1) is 21.1. The summed E-state index contributed by atoms with van der Waals surface area (Å²) in [5, 5.41) is 4.74. The predicted octanol–water partition coefficient (Wildman–Crippen LogP) is 0.667. The summed E-state index contributed by atoms with van der Waals surface area (Å²) in [4.78, 5) is 21.6. The molecule has 4 rings (SSSR count). The number of benzene rings is 1. The first-order valence-corrected chi connectivity index (χ1v) is 10.9. The van der Waals surface area contributed by atoms with Gasteiger partial charge in [-0.3, -0.25) is 9.69 Å². The van der Waals surface area contributed by atoms with Gasteiger partial charge in [0.05, 0.1) is 49.0 Å². The highest BCUT2D eigenvalue weighted by molar-refractivity contribution is 5.77. The second kappa shape index (κ2) is 9.31. The number of hydrogen-bond acceptors (Lipinski definition) is 3. The number of para-hydroxylation sites is 1. The minimum atomic E-state index is 0.222. The van der Waals surface area contributed by atoms with E-state index in [1.54, 1.807) is 0 Å². The van der Waals surface area contributed by atoms with Crippen molar-refractivity contribution >= 4 is 11.7 Å². The summed E-state index contributed by atoms with van der Waals surface area (Å²) in [6.45, 7) is 8.68. The molecule has 3 aromatic rings. The number of nitrogens with one attached hydrogen (secondary N) is 2. The number of carbonyl (C=O) groups is 1. The van der Waals surface area contributed by atoms with Crippen molar-refractivity contribution in [1.82, 2.24) is 14.7 Å². The summed E-state index contributed by atoms with van der Waals surface area (Å²) in [5.41, 5.74) is 4.46. The minimum Gasteiger partial charge on any atom is -0.330 e. The van der Waals surface area contributed by atoms with Crippen LogP contribution in [0.5, 0.6) is 0 Å². The van der Waals surface area contributed by atoms with Crippen molar-refractivity contribution in [3.63, 3.8) is 0 Å². The number of nitrogens with zero attached hydrogens (tertiary/aromatic N) is 4. The van der Waals surface area contributed by atoms with E-state index in [4.69, 9.17) is 5.10 Å². The van der Waals surface area contributed by atoms with Crippen molar-refractivity contribution in [2.24, 2.45) is 0 Å². The van der Waals surface area contributed by atoms with Gasteiger partial charge < -0.3 is 9.80 Å². The SMILES string of the molecule is Cc1nn(-c2ccccc2)c(C)c1C[NH+](C)CC(=O)N1CCN(c2cccc[nH+]2)CC1. The fraction of sp³-hybridized carbons (Fsp3) is 0.375. The summed E-state index contributed by atoms with van der Waals surface area (Å²) >= 11 is 0. The molecule has 1 unspecified atom stereocenters. The molecule has 1 atom stereocenters. The fourth-order valence-corrected chi connectivity index (χ4v) is 4.26. The van der Waals surface area contributed by atoms with Crippen LogP contribution in [-0.2, 0) is 11.3 Å². The molecule has 0 aliphatic carbocycles. The number of anilines is 1. The van der Waals surface area contributed by atoms with Gasteiger partial charge in [0.2, 0.25) is 0 Å². The molecule has 162 valence electrons. The summed E-state index contributed by atoms with van der Waals surface area (Å²) in [6, 6.07) is 16.3. The molecule has 0 saturated carbocycles. The standard InChI is InChI=1S/C24H30N6O/c1-19-22(20(2)30(26-19)21-9-5-4-6-10-21)17-27(3)18-24(31)29-15-13-28(14-16-29)23-11-7-8-12-25-23/h4-12H,13-18H2,1-3H3/p+2. The van der Waals surface area contributed by atoms with E-state index in [0.29, 0.717) is 6.54 Å². The maximum absolute atomic E-state index is 12.9. The molecule has 7 nitrogen and oxygen atoms in total. The monoisotopic (exact) mass is 420 g/mol. The van der Waals surface area contributed by atoms with Gasteiger partial charge in [-0.1, -0.05) is 24.3 Å². The zero-order chi connectivity index (χ0) is 21.8. The number of likely N-dealkylation sites (N-methyl/N-ethyl adjacent to an activating group) is 1. The van der Waals surface area contributed by atoms with Crippen molar-refractivity contribution < 1.29 is 14.7 Å². The van der Waals surface area contributed by atoms with E-state index >= 15 is 0 Å². The molecule has 2 N–H and O–H groups in total. The van der Waals surface area contributed by atoms with Crippen LogP contribution in [0.2, 0.25) is 0 Å². The van der Waals surface area contributed by atoms with Crippen LogP contribution in [0.1, 0.15) is 17.0 Å². The molecular formula is C24H32N6O+2. The maximum atomic E-state index is 12.9. The molecule has 0 spiro atoms. The zero-order valence-corrected chi connectivity index (χ0v) is 18.6.